The number of hydrogen-bond acceptors (Lipinski definition) is 5. The van der Waals surface area contributed by atoms with E-state index in [1.807, 2.05) is 0 Å². The average molecular weight is 125 g/mol. The van der Waals surface area contributed by atoms with Gasteiger partial charge in [-0.05, 0) is 0 Å². The molecule has 1 heterocycles. The van der Waals surface area contributed by atoms with Crippen molar-refractivity contribution >= 4 is 12.2 Å². The van der Waals surface area contributed by atoms with Gasteiger partial charge in [0.1, 0.15) is 0 Å². The molecule has 0 radical (unpaired) electrons. The van der Waals surface area contributed by atoms with Crippen molar-refractivity contribution in [3.05, 3.63) is 0 Å². The normalized spacial score (nSPS) is 18.4. The molecular weight excluding hydrogens is 118 g/mol. The number of nitrogens with zero attached hydrogens (tertiary/aromatic N) is 4. The molecule has 1 aliphatic heterocycles. The first-order valence-electron chi connectivity index (χ1n) is 2.62. The van der Waals surface area contributed by atoms with Gasteiger partial charge in [0.2, 0.25) is 0 Å². The highest BCUT2D eigenvalue weighted by Gasteiger charge is 1.87. The molecule has 1 rings (SSSR count). The zero-order valence-electron chi connectivity index (χ0n) is 4.86. The Kier molecular flexibility index (Phi) is 1.90. The molecule has 9 heavy (non-hydrogen) atoms. The number of guanidine groups is 1. The summed E-state index contributed by atoms with van der Waals surface area (Å²) >= 11 is 0. The van der Waals surface area contributed by atoms with Crippen LogP contribution in [-0.4, -0.2) is 18.7 Å². The van der Waals surface area contributed by atoms with Crippen molar-refractivity contribution in [3.63, 3.8) is 0 Å². The molecule has 5 nitrogen and oxygen atoms in total. The van der Waals surface area contributed by atoms with Gasteiger partial charge in [-0.3, -0.25) is 0 Å². The lowest BCUT2D eigenvalue weighted by Gasteiger charge is -1.90. The van der Waals surface area contributed by atoms with Crippen molar-refractivity contribution in [3.8, 4) is 0 Å². The molecule has 0 saturated heterocycles. The van der Waals surface area contributed by atoms with E-state index < -0.39 is 0 Å². The second kappa shape index (κ2) is 2.91. The summed E-state index contributed by atoms with van der Waals surface area (Å²) in [7, 11) is 0. The van der Waals surface area contributed by atoms with Crippen LogP contribution in [0.5, 0.6) is 0 Å². The van der Waals surface area contributed by atoms with Crippen LogP contribution >= 0.6 is 0 Å². The molecule has 48 valence electrons. The van der Waals surface area contributed by atoms with Gasteiger partial charge in [-0.15, -0.1) is 10.2 Å². The first-order valence-corrected chi connectivity index (χ1v) is 2.62. The molecule has 0 bridgehead atoms. The Balaban J connectivity index is 2.66. The molecule has 0 spiro atoms. The van der Waals surface area contributed by atoms with Gasteiger partial charge in [-0.1, -0.05) is 0 Å². The van der Waals surface area contributed by atoms with Gasteiger partial charge in [0.15, 0.2) is 0 Å². The van der Waals surface area contributed by atoms with Gasteiger partial charge >= 0.3 is 0 Å². The highest BCUT2D eigenvalue weighted by Crippen LogP contribution is 1.86. The fourth-order valence-electron chi connectivity index (χ4n) is 0.416. The van der Waals surface area contributed by atoms with Gasteiger partial charge in [-0.25, -0.2) is 0 Å². The summed E-state index contributed by atoms with van der Waals surface area (Å²) in [6.45, 7) is 0.639. The first kappa shape index (κ1) is 5.87. The van der Waals surface area contributed by atoms with Crippen molar-refractivity contribution in [2.45, 2.75) is 6.42 Å². The molecule has 2 N–H and O–H groups in total. The molecule has 0 aliphatic carbocycles. The topological polar surface area (TPSA) is 75.5 Å². The van der Waals surface area contributed by atoms with Crippen LogP contribution in [0.4, 0.5) is 0 Å². The average Bonchev–Trinajstić information content (AvgIpc) is 1.79. The minimum atomic E-state index is 0.117. The van der Waals surface area contributed by atoms with Gasteiger partial charge < -0.3 is 5.73 Å². The monoisotopic (exact) mass is 125 g/mol. The lowest BCUT2D eigenvalue weighted by molar-refractivity contribution is 0.945. The van der Waals surface area contributed by atoms with E-state index in [9.17, 15) is 0 Å². The van der Waals surface area contributed by atoms with Crippen molar-refractivity contribution < 1.29 is 0 Å². The smallest absolute Gasteiger partial charge is 0.258 e. The second-order valence-corrected chi connectivity index (χ2v) is 1.51. The molecule has 0 atom stereocenters. The van der Waals surface area contributed by atoms with E-state index in [0.29, 0.717) is 6.54 Å². The van der Waals surface area contributed by atoms with E-state index in [-0.39, 0.29) is 5.96 Å². The predicted octanol–water partition coefficient (Wildman–Crippen LogP) is 0.143. The molecule has 1 aliphatic rings. The van der Waals surface area contributed by atoms with Gasteiger partial charge in [0.05, 0.1) is 6.54 Å². The Hall–Kier alpha value is -1.26. The van der Waals surface area contributed by atoms with Crippen LogP contribution in [0.1, 0.15) is 6.42 Å². The summed E-state index contributed by atoms with van der Waals surface area (Å²) in [6.07, 6.45) is 2.44. The SMILES string of the molecule is NC1=NN=CCCN=N1. The predicted molar refractivity (Wildman–Crippen MR) is 34.5 cm³/mol. The zero-order valence-corrected chi connectivity index (χ0v) is 4.86. The van der Waals surface area contributed by atoms with Crippen LogP contribution in [0.3, 0.4) is 0 Å². The number of hydrogen-bond donors (Lipinski definition) is 1. The molecule has 0 fully saturated rings. The van der Waals surface area contributed by atoms with E-state index in [1.54, 1.807) is 6.21 Å². The maximum Gasteiger partial charge on any atom is 0.258 e. The minimum Gasteiger partial charge on any atom is -0.365 e. The molecule has 0 aromatic carbocycles. The maximum atomic E-state index is 5.18. The fourth-order valence-corrected chi connectivity index (χ4v) is 0.416. The molecule has 0 saturated carbocycles. The number of rotatable bonds is 0. The fraction of sp³-hybridized carbons (Fsp3) is 0.500. The lowest BCUT2D eigenvalue weighted by atomic mass is 10.5. The van der Waals surface area contributed by atoms with Gasteiger partial charge in [0.25, 0.3) is 5.96 Å². The van der Waals surface area contributed by atoms with Crippen molar-refractivity contribution in [2.75, 3.05) is 6.54 Å². The summed E-state index contributed by atoms with van der Waals surface area (Å²) < 4.78 is 0. The summed E-state index contributed by atoms with van der Waals surface area (Å²) in [5.41, 5.74) is 5.18. The van der Waals surface area contributed by atoms with Crippen LogP contribution in [0.2, 0.25) is 0 Å². The molecule has 5 heteroatoms. The van der Waals surface area contributed by atoms with Crippen molar-refractivity contribution in [2.24, 2.45) is 26.2 Å². The van der Waals surface area contributed by atoms with Crippen molar-refractivity contribution in [1.82, 2.24) is 0 Å². The van der Waals surface area contributed by atoms with Crippen LogP contribution < -0.4 is 5.73 Å². The third kappa shape index (κ3) is 1.98. The van der Waals surface area contributed by atoms with E-state index >= 15 is 0 Å². The Morgan fingerprint density at radius 3 is 3.33 bits per heavy atom. The third-order valence-corrected chi connectivity index (χ3v) is 0.773. The largest absolute Gasteiger partial charge is 0.365 e. The molecule has 0 aromatic rings. The Bertz CT molecular complexity index is 168. The Morgan fingerprint density at radius 2 is 2.44 bits per heavy atom. The summed E-state index contributed by atoms with van der Waals surface area (Å²) in [6, 6.07) is 0. The molecular formula is C4H7N5. The lowest BCUT2D eigenvalue weighted by Crippen LogP contribution is -2.07. The highest BCUT2D eigenvalue weighted by atomic mass is 15.3. The quantitative estimate of drug-likeness (QED) is 0.491. The number of azo groups is 1. The summed E-state index contributed by atoms with van der Waals surface area (Å²) in [5.74, 6) is 0.117. The summed E-state index contributed by atoms with van der Waals surface area (Å²) in [4.78, 5) is 0. The van der Waals surface area contributed by atoms with E-state index in [2.05, 4.69) is 20.4 Å². The van der Waals surface area contributed by atoms with Crippen molar-refractivity contribution in [1.29, 1.82) is 0 Å². The second-order valence-electron chi connectivity index (χ2n) is 1.51. The van der Waals surface area contributed by atoms with Crippen LogP contribution in [0, 0.1) is 0 Å². The van der Waals surface area contributed by atoms with E-state index in [4.69, 9.17) is 5.73 Å². The van der Waals surface area contributed by atoms with Crippen LogP contribution in [-0.2, 0) is 0 Å². The highest BCUT2D eigenvalue weighted by molar-refractivity contribution is 5.78. The minimum absolute atomic E-state index is 0.117. The van der Waals surface area contributed by atoms with Gasteiger partial charge in [0, 0.05) is 12.6 Å². The van der Waals surface area contributed by atoms with E-state index in [0.717, 1.165) is 6.42 Å². The number of nitrogens with two attached hydrogens (primary N) is 1. The Morgan fingerprint density at radius 1 is 1.56 bits per heavy atom. The summed E-state index contributed by atoms with van der Waals surface area (Å²) in [5, 5.41) is 14.3. The maximum absolute atomic E-state index is 5.18. The van der Waals surface area contributed by atoms with Gasteiger partial charge in [-0.2, -0.15) is 10.2 Å². The molecule has 0 amide bonds. The Labute approximate surface area is 52.4 Å². The van der Waals surface area contributed by atoms with Crippen LogP contribution in [0.25, 0.3) is 0 Å². The third-order valence-electron chi connectivity index (χ3n) is 0.773. The molecule has 0 aromatic heterocycles. The van der Waals surface area contributed by atoms with Crippen LogP contribution in [0.15, 0.2) is 20.4 Å². The standard InChI is InChI=1S/C4H7N5/c5-4-8-6-2-1-3-7-9-4/h2H,1,3H2,(H2,5,8). The zero-order chi connectivity index (χ0) is 6.53. The molecule has 0 unspecified atom stereocenters. The van der Waals surface area contributed by atoms with E-state index in [1.165, 1.54) is 0 Å². The first-order chi connectivity index (χ1) is 4.39.